The highest BCUT2D eigenvalue weighted by molar-refractivity contribution is 7.10. The Morgan fingerprint density at radius 1 is 1.14 bits per heavy atom. The number of hydrazine groups is 1. The van der Waals surface area contributed by atoms with Crippen molar-refractivity contribution in [2.75, 3.05) is 54.5 Å². The fraction of sp³-hybridized carbons (Fsp3) is 0.574. The predicted octanol–water partition coefficient (Wildman–Crippen LogP) is 5.23. The van der Waals surface area contributed by atoms with Gasteiger partial charge in [-0.2, -0.15) is 5.43 Å². The zero-order valence-corrected chi connectivity index (χ0v) is 39.8. The molecule has 3 aromatic heterocycles. The highest BCUT2D eigenvalue weighted by Crippen LogP contribution is 2.42. The van der Waals surface area contributed by atoms with Gasteiger partial charge in [0.25, 0.3) is 5.91 Å². The summed E-state index contributed by atoms with van der Waals surface area (Å²) in [7, 11) is 7.28. The fourth-order valence-electron chi connectivity index (χ4n) is 9.47. The van der Waals surface area contributed by atoms with E-state index in [1.165, 1.54) is 21.2 Å². The van der Waals surface area contributed by atoms with Crippen LogP contribution in [0.4, 0.5) is 4.79 Å². The van der Waals surface area contributed by atoms with Gasteiger partial charge in [0.2, 0.25) is 11.6 Å². The van der Waals surface area contributed by atoms with Gasteiger partial charge in [0.15, 0.2) is 0 Å². The number of amides is 4. The Kier molecular flexibility index (Phi) is 13.9. The van der Waals surface area contributed by atoms with Gasteiger partial charge in [-0.25, -0.2) is 14.6 Å². The zero-order chi connectivity index (χ0) is 46.2. The van der Waals surface area contributed by atoms with E-state index < -0.39 is 41.0 Å². The molecule has 17 heteroatoms. The van der Waals surface area contributed by atoms with Crippen LogP contribution in [-0.4, -0.2) is 142 Å². The number of carbonyl (C=O) groups is 4. The van der Waals surface area contributed by atoms with E-state index in [1.54, 1.807) is 25.3 Å². The van der Waals surface area contributed by atoms with Gasteiger partial charge in [-0.3, -0.25) is 19.6 Å². The molecule has 64 heavy (non-hydrogen) atoms. The third-order valence-corrected chi connectivity index (χ3v) is 13.9. The summed E-state index contributed by atoms with van der Waals surface area (Å²) in [5.41, 5.74) is 6.39. The first kappa shape index (κ1) is 47.0. The molecular weight excluding hydrogens is 835 g/mol. The number of urea groups is 1. The predicted molar refractivity (Wildman–Crippen MR) is 246 cm³/mol. The number of cyclic esters (lactones) is 1. The number of likely N-dealkylation sites (tertiary alicyclic amines) is 1. The van der Waals surface area contributed by atoms with Gasteiger partial charge in [-0.05, 0) is 83.0 Å². The average molecular weight is 900 g/mol. The minimum absolute atomic E-state index is 0.00873. The molecule has 16 nitrogen and oxygen atoms in total. The quantitative estimate of drug-likeness (QED) is 0.188. The summed E-state index contributed by atoms with van der Waals surface area (Å²) in [6.07, 6.45) is 3.16. The zero-order valence-electron chi connectivity index (χ0n) is 38.9. The normalized spacial score (nSPS) is 22.7. The molecule has 6 heterocycles. The third kappa shape index (κ3) is 9.41. The van der Waals surface area contributed by atoms with Gasteiger partial charge < -0.3 is 39.2 Å². The van der Waals surface area contributed by atoms with Crippen molar-refractivity contribution in [3.8, 4) is 22.5 Å². The first-order chi connectivity index (χ1) is 30.4. The third-order valence-electron chi connectivity index (χ3n) is 13.0. The molecule has 4 amide bonds. The summed E-state index contributed by atoms with van der Waals surface area (Å²) in [5, 5.41) is 19.6. The highest BCUT2D eigenvalue weighted by atomic mass is 32.1. The molecule has 0 spiro atoms. The molecule has 3 aliphatic rings. The van der Waals surface area contributed by atoms with E-state index in [2.05, 4.69) is 51.4 Å². The van der Waals surface area contributed by atoms with Crippen molar-refractivity contribution in [3.05, 3.63) is 58.2 Å². The van der Waals surface area contributed by atoms with Crippen LogP contribution in [0.5, 0.6) is 0 Å². The number of nitrogens with zero attached hydrogens (tertiary/aromatic N) is 7. The fourth-order valence-corrected chi connectivity index (χ4v) is 10.3. The number of aryl methyl sites for hydroxylation is 1. The van der Waals surface area contributed by atoms with Crippen molar-refractivity contribution >= 4 is 46.1 Å². The van der Waals surface area contributed by atoms with Gasteiger partial charge >= 0.3 is 12.0 Å². The number of aliphatic hydroxyl groups is 1. The molecule has 7 rings (SSSR count). The summed E-state index contributed by atoms with van der Waals surface area (Å²) in [5.74, 6) is -2.24. The minimum Gasteiger partial charge on any atom is -0.462 e. The van der Waals surface area contributed by atoms with E-state index >= 15 is 0 Å². The van der Waals surface area contributed by atoms with Crippen molar-refractivity contribution in [1.82, 2.24) is 45.0 Å². The van der Waals surface area contributed by atoms with Crippen molar-refractivity contribution < 1.29 is 33.8 Å². The maximum Gasteiger partial charge on any atom is 0.355 e. The van der Waals surface area contributed by atoms with Crippen LogP contribution in [0.1, 0.15) is 83.2 Å². The van der Waals surface area contributed by atoms with E-state index in [1.807, 2.05) is 60.2 Å². The first-order valence-corrected chi connectivity index (χ1v) is 23.3. The van der Waals surface area contributed by atoms with E-state index in [9.17, 15) is 24.3 Å². The number of ether oxygens (including phenoxy) is 2. The summed E-state index contributed by atoms with van der Waals surface area (Å²) in [6.45, 7) is 13.8. The Balaban J connectivity index is 1.29. The number of fused-ring (bicyclic) bond motifs is 6. The molecule has 3 aliphatic heterocycles. The topological polar surface area (TPSA) is 175 Å². The molecule has 6 bridgehead atoms. The maximum atomic E-state index is 14.6. The number of esters is 1. The van der Waals surface area contributed by atoms with Crippen molar-refractivity contribution in [3.63, 3.8) is 0 Å². The summed E-state index contributed by atoms with van der Waals surface area (Å²) >= 11 is 1.38. The number of pyridine rings is 1. The number of aromatic nitrogens is 3. The molecular formula is C47H65N9O7S. The monoisotopic (exact) mass is 899 g/mol. The maximum absolute atomic E-state index is 14.6. The smallest absolute Gasteiger partial charge is 0.355 e. The number of nitrogens with one attached hydrogen (secondary N) is 2. The SMILES string of the molecule is CCn1c(-c2cccnc2[C@H](C)OC)c2c3cc(ccc31)-c1csc(n1)C[C@H](NC(=O)[C@H](C(C)C)N(C)C(=O)N1CC[C@@H](N(C)C)C1)C(=O)N1CCC[C@@](O)(N1)C(=O)OCC(C)(C)C2. The van der Waals surface area contributed by atoms with Crippen LogP contribution in [0.15, 0.2) is 41.9 Å². The molecule has 2 saturated heterocycles. The van der Waals surface area contributed by atoms with Gasteiger partial charge in [0.1, 0.15) is 12.1 Å². The Morgan fingerprint density at radius 3 is 2.59 bits per heavy atom. The van der Waals surface area contributed by atoms with Crippen molar-refractivity contribution in [1.29, 1.82) is 0 Å². The molecule has 3 N–H and O–H groups in total. The van der Waals surface area contributed by atoms with Crippen LogP contribution in [0, 0.1) is 11.3 Å². The number of carbonyl (C=O) groups excluding carboxylic acids is 4. The van der Waals surface area contributed by atoms with Crippen LogP contribution in [-0.2, 0) is 43.2 Å². The standard InChI is InChI=1S/C47H65N9O7S/c1-11-55-37-16-15-30-22-33(37)34(41(55)32-14-12-19-48-39(32)29(4)62-10)24-46(5,6)27-63-44(59)47(61)18-13-20-56(51-47)43(58)35(23-38-49-36(30)26-64-38)50-42(57)40(28(2)3)53(9)45(60)54-21-17-31(25-54)52(7)8/h12,14-16,19,22,26,28-29,31,35,40,51,61H,11,13,17-18,20-21,23-25,27H2,1-10H3,(H,50,57)/t29-,31+,35-,40-,47-/m0/s1. The number of hydrogen-bond donors (Lipinski definition) is 3. The Hall–Kier alpha value is -4.94. The van der Waals surface area contributed by atoms with E-state index in [0.717, 1.165) is 51.1 Å². The number of rotatable bonds is 9. The minimum atomic E-state index is -2.20. The summed E-state index contributed by atoms with van der Waals surface area (Å²) in [4.78, 5) is 72.0. The average Bonchev–Trinajstić information content (AvgIpc) is 4.02. The lowest BCUT2D eigenvalue weighted by Gasteiger charge is -2.40. The largest absolute Gasteiger partial charge is 0.462 e. The molecule has 1 aromatic carbocycles. The molecule has 346 valence electrons. The molecule has 0 unspecified atom stereocenters. The van der Waals surface area contributed by atoms with E-state index in [4.69, 9.17) is 19.4 Å². The Labute approximate surface area is 380 Å². The lowest BCUT2D eigenvalue weighted by Crippen LogP contribution is -2.67. The molecule has 2 fully saturated rings. The van der Waals surface area contributed by atoms with Gasteiger partial charge in [-0.15, -0.1) is 11.3 Å². The number of methoxy groups -OCH3 is 1. The lowest BCUT2D eigenvalue weighted by molar-refractivity contribution is -0.189. The number of thiazole rings is 1. The molecule has 4 aromatic rings. The van der Waals surface area contributed by atoms with Gasteiger partial charge in [0, 0.05) is 98.2 Å². The van der Waals surface area contributed by atoms with E-state index in [0.29, 0.717) is 37.5 Å². The van der Waals surface area contributed by atoms with Crippen LogP contribution < -0.4 is 10.7 Å². The summed E-state index contributed by atoms with van der Waals surface area (Å²) in [6, 6.07) is 8.21. The molecule has 0 radical (unpaired) electrons. The van der Waals surface area contributed by atoms with Crippen molar-refractivity contribution in [2.45, 2.75) is 110 Å². The molecule has 0 saturated carbocycles. The molecule has 5 atom stereocenters. The second-order valence-electron chi connectivity index (χ2n) is 18.9. The Morgan fingerprint density at radius 2 is 1.91 bits per heavy atom. The lowest BCUT2D eigenvalue weighted by atomic mass is 9.84. The second-order valence-corrected chi connectivity index (χ2v) is 19.9. The van der Waals surface area contributed by atoms with Crippen LogP contribution in [0.2, 0.25) is 0 Å². The highest BCUT2D eigenvalue weighted by Gasteiger charge is 2.46. The Bertz CT molecular complexity index is 2380. The number of likely N-dealkylation sites (N-methyl/N-ethyl adjacent to an activating group) is 2. The number of benzene rings is 1. The van der Waals surface area contributed by atoms with Crippen LogP contribution >= 0.6 is 11.3 Å². The first-order valence-electron chi connectivity index (χ1n) is 22.4. The van der Waals surface area contributed by atoms with Gasteiger partial charge in [0.05, 0.1) is 34.8 Å². The van der Waals surface area contributed by atoms with E-state index in [-0.39, 0.29) is 50.1 Å². The van der Waals surface area contributed by atoms with Gasteiger partial charge in [-0.1, -0.05) is 33.8 Å². The van der Waals surface area contributed by atoms with Crippen molar-refractivity contribution in [2.24, 2.45) is 11.3 Å². The second kappa shape index (κ2) is 18.9. The van der Waals surface area contributed by atoms with Crippen LogP contribution in [0.25, 0.3) is 33.4 Å². The number of hydrogen-bond acceptors (Lipinski definition) is 12. The molecule has 0 aliphatic carbocycles. The summed E-state index contributed by atoms with van der Waals surface area (Å²) < 4.78 is 14.0. The van der Waals surface area contributed by atoms with Crippen LogP contribution in [0.3, 0.4) is 0 Å².